The van der Waals surface area contributed by atoms with Crippen LogP contribution in [0, 0.1) is 5.92 Å². The molecule has 2 aliphatic rings. The molecule has 2 aliphatic heterocycles. The number of ether oxygens (including phenoxy) is 3. The summed E-state index contributed by atoms with van der Waals surface area (Å²) in [5.74, 6) is 1.62. The second-order valence-electron chi connectivity index (χ2n) is 10.7. The van der Waals surface area contributed by atoms with Crippen LogP contribution in [0.4, 0.5) is 5.69 Å². The Morgan fingerprint density at radius 2 is 2.00 bits per heavy atom. The van der Waals surface area contributed by atoms with Crippen molar-refractivity contribution in [3.63, 3.8) is 0 Å². The maximum atomic E-state index is 13.5. The van der Waals surface area contributed by atoms with Crippen molar-refractivity contribution >= 4 is 17.5 Å². The minimum Gasteiger partial charge on any atom is -0.488 e. The van der Waals surface area contributed by atoms with Crippen LogP contribution in [0.5, 0.6) is 17.2 Å². The fraction of sp³-hybridized carbons (Fsp3) is 0.464. The monoisotopic (exact) mass is 565 g/mol. The van der Waals surface area contributed by atoms with E-state index in [-0.39, 0.29) is 56.2 Å². The SMILES string of the molecule is C[C@@H]1CN([C@H](C)CO)C(=O)Cc2cc(NC(=O)Cn3cnnn3)ccc2O[C@@H]1CN(C)Cc1ccc2c(c1)OCO2. The summed E-state index contributed by atoms with van der Waals surface area (Å²) in [6, 6.07) is 10.9. The number of tetrazole rings is 1. The molecule has 3 aromatic rings. The molecular weight excluding hydrogens is 530 g/mol. The summed E-state index contributed by atoms with van der Waals surface area (Å²) in [4.78, 5) is 29.9. The summed E-state index contributed by atoms with van der Waals surface area (Å²) >= 11 is 0. The van der Waals surface area contributed by atoms with Crippen LogP contribution in [0.2, 0.25) is 0 Å². The van der Waals surface area contributed by atoms with Crippen LogP contribution < -0.4 is 19.5 Å². The van der Waals surface area contributed by atoms with Crippen molar-refractivity contribution in [2.75, 3.05) is 38.9 Å². The highest BCUT2D eigenvalue weighted by Gasteiger charge is 2.31. The number of anilines is 1. The molecule has 2 amide bonds. The highest BCUT2D eigenvalue weighted by molar-refractivity contribution is 5.91. The van der Waals surface area contributed by atoms with Crippen molar-refractivity contribution in [1.29, 1.82) is 0 Å². The fourth-order valence-corrected chi connectivity index (χ4v) is 5.05. The standard InChI is InChI=1S/C28H35N7O6/c1-18-11-35(19(2)15-36)28(38)10-21-9-22(30-27(37)14-34-16-29-31-32-34)5-7-23(21)41-26(18)13-33(3)12-20-4-6-24-25(8-20)40-17-39-24/h4-9,16,18-19,26,36H,10-15,17H2,1-3H3,(H,30,37)/t18-,19-,26-/m1/s1. The summed E-state index contributed by atoms with van der Waals surface area (Å²) in [5, 5.41) is 23.5. The van der Waals surface area contributed by atoms with E-state index in [1.807, 2.05) is 32.2 Å². The number of carbonyl (C=O) groups is 2. The molecule has 0 saturated carbocycles. The first kappa shape index (κ1) is 28.3. The van der Waals surface area contributed by atoms with E-state index in [1.54, 1.807) is 23.1 Å². The van der Waals surface area contributed by atoms with Gasteiger partial charge < -0.3 is 29.5 Å². The zero-order valence-electron chi connectivity index (χ0n) is 23.4. The van der Waals surface area contributed by atoms with Gasteiger partial charge in [-0.25, -0.2) is 4.68 Å². The van der Waals surface area contributed by atoms with Crippen LogP contribution in [0.15, 0.2) is 42.7 Å². The largest absolute Gasteiger partial charge is 0.488 e. The summed E-state index contributed by atoms with van der Waals surface area (Å²) < 4.78 is 18.9. The van der Waals surface area contributed by atoms with Gasteiger partial charge in [-0.1, -0.05) is 13.0 Å². The molecule has 0 radical (unpaired) electrons. The van der Waals surface area contributed by atoms with Gasteiger partial charge in [0.05, 0.1) is 19.1 Å². The number of amides is 2. The van der Waals surface area contributed by atoms with Gasteiger partial charge in [0.15, 0.2) is 11.5 Å². The molecule has 1 aromatic heterocycles. The highest BCUT2D eigenvalue weighted by atomic mass is 16.7. The fourth-order valence-electron chi connectivity index (χ4n) is 5.05. The second-order valence-corrected chi connectivity index (χ2v) is 10.7. The Bertz CT molecular complexity index is 1370. The Morgan fingerprint density at radius 1 is 1.20 bits per heavy atom. The summed E-state index contributed by atoms with van der Waals surface area (Å²) in [6.07, 6.45) is 1.17. The van der Waals surface area contributed by atoms with E-state index in [9.17, 15) is 14.7 Å². The molecule has 0 aliphatic carbocycles. The number of rotatable bonds is 9. The Kier molecular flexibility index (Phi) is 8.64. The molecule has 13 heteroatoms. The minimum atomic E-state index is -0.349. The Hall–Kier alpha value is -4.23. The van der Waals surface area contributed by atoms with Gasteiger partial charge in [0, 0.05) is 36.8 Å². The number of aromatic nitrogens is 4. The number of hydrogen-bond acceptors (Lipinski definition) is 10. The average Bonchev–Trinajstić information content (AvgIpc) is 3.63. The molecule has 0 bridgehead atoms. The van der Waals surface area contributed by atoms with Crippen molar-refractivity contribution in [2.45, 2.75) is 45.5 Å². The molecule has 0 saturated heterocycles. The van der Waals surface area contributed by atoms with E-state index in [2.05, 4.69) is 32.7 Å². The minimum absolute atomic E-state index is 0.0335. The Labute approximate surface area is 238 Å². The molecule has 0 fully saturated rings. The first-order valence-electron chi connectivity index (χ1n) is 13.6. The predicted octanol–water partition coefficient (Wildman–Crippen LogP) is 1.32. The van der Waals surface area contributed by atoms with Crippen LogP contribution in [-0.4, -0.2) is 92.6 Å². The van der Waals surface area contributed by atoms with Crippen molar-refractivity contribution in [2.24, 2.45) is 5.92 Å². The van der Waals surface area contributed by atoms with E-state index >= 15 is 0 Å². The van der Waals surface area contributed by atoms with Crippen molar-refractivity contribution in [3.05, 3.63) is 53.9 Å². The predicted molar refractivity (Wildman–Crippen MR) is 147 cm³/mol. The van der Waals surface area contributed by atoms with E-state index in [4.69, 9.17) is 14.2 Å². The summed E-state index contributed by atoms with van der Waals surface area (Å²) in [6.45, 7) is 5.63. The van der Waals surface area contributed by atoms with Crippen molar-refractivity contribution < 1.29 is 28.9 Å². The number of hydrogen-bond donors (Lipinski definition) is 2. The Morgan fingerprint density at radius 3 is 2.78 bits per heavy atom. The number of aliphatic hydroxyl groups excluding tert-OH is 1. The maximum absolute atomic E-state index is 13.5. The molecule has 0 spiro atoms. The van der Waals surface area contributed by atoms with Crippen LogP contribution in [0.25, 0.3) is 0 Å². The van der Waals surface area contributed by atoms with Gasteiger partial charge in [-0.15, -0.1) is 5.10 Å². The van der Waals surface area contributed by atoms with E-state index < -0.39 is 0 Å². The molecule has 0 unspecified atom stereocenters. The zero-order valence-corrected chi connectivity index (χ0v) is 23.4. The van der Waals surface area contributed by atoms with Gasteiger partial charge in [-0.05, 0) is 60.3 Å². The molecule has 41 heavy (non-hydrogen) atoms. The van der Waals surface area contributed by atoms with E-state index in [0.717, 1.165) is 17.1 Å². The molecule has 13 nitrogen and oxygen atoms in total. The zero-order chi connectivity index (χ0) is 28.9. The third kappa shape index (κ3) is 6.92. The third-order valence-electron chi connectivity index (χ3n) is 7.28. The van der Waals surface area contributed by atoms with E-state index in [0.29, 0.717) is 36.6 Å². The van der Waals surface area contributed by atoms with Gasteiger partial charge in [-0.2, -0.15) is 0 Å². The number of fused-ring (bicyclic) bond motifs is 2. The van der Waals surface area contributed by atoms with Gasteiger partial charge in [0.1, 0.15) is 24.7 Å². The number of benzene rings is 2. The lowest BCUT2D eigenvalue weighted by Crippen LogP contribution is -2.47. The molecule has 3 heterocycles. The lowest BCUT2D eigenvalue weighted by Gasteiger charge is -2.34. The first-order valence-corrected chi connectivity index (χ1v) is 13.6. The normalized spacial score (nSPS) is 19.1. The number of carbonyl (C=O) groups excluding carboxylic acids is 2. The molecular formula is C28H35N7O6. The number of nitrogens with zero attached hydrogens (tertiary/aromatic N) is 6. The second kappa shape index (κ2) is 12.5. The van der Waals surface area contributed by atoms with Gasteiger partial charge in [0.25, 0.3) is 0 Å². The maximum Gasteiger partial charge on any atom is 0.246 e. The molecule has 2 N–H and O–H groups in total. The first-order chi connectivity index (χ1) is 19.8. The lowest BCUT2D eigenvalue weighted by atomic mass is 10.0. The van der Waals surface area contributed by atoms with Gasteiger partial charge in [0.2, 0.25) is 18.6 Å². The molecule has 218 valence electrons. The molecule has 3 atom stereocenters. The smallest absolute Gasteiger partial charge is 0.246 e. The number of nitrogens with one attached hydrogen (secondary N) is 1. The van der Waals surface area contributed by atoms with Crippen molar-refractivity contribution in [1.82, 2.24) is 30.0 Å². The summed E-state index contributed by atoms with van der Waals surface area (Å²) in [7, 11) is 2.02. The average molecular weight is 566 g/mol. The third-order valence-corrected chi connectivity index (χ3v) is 7.28. The lowest BCUT2D eigenvalue weighted by molar-refractivity contribution is -0.134. The summed E-state index contributed by atoms with van der Waals surface area (Å²) in [5.41, 5.74) is 2.27. The van der Waals surface area contributed by atoms with Gasteiger partial charge in [-0.3, -0.25) is 14.5 Å². The van der Waals surface area contributed by atoms with Crippen molar-refractivity contribution in [3.8, 4) is 17.2 Å². The van der Waals surface area contributed by atoms with Crippen LogP contribution in [-0.2, 0) is 29.1 Å². The van der Waals surface area contributed by atoms with Crippen LogP contribution >= 0.6 is 0 Å². The van der Waals surface area contributed by atoms with Gasteiger partial charge >= 0.3 is 0 Å². The quantitative estimate of drug-likeness (QED) is 0.390. The topological polar surface area (TPSA) is 144 Å². The Balaban J connectivity index is 1.35. The van der Waals surface area contributed by atoms with E-state index in [1.165, 1.54) is 11.0 Å². The molecule has 5 rings (SSSR count). The highest BCUT2D eigenvalue weighted by Crippen LogP contribution is 2.33. The van der Waals surface area contributed by atoms with Crippen LogP contribution in [0.1, 0.15) is 25.0 Å². The molecule has 2 aromatic carbocycles. The van der Waals surface area contributed by atoms with Crippen LogP contribution in [0.3, 0.4) is 0 Å². The number of aliphatic hydroxyl groups is 1. The number of likely N-dealkylation sites (N-methyl/N-ethyl adjacent to an activating group) is 1.